The third kappa shape index (κ3) is 4.44. The molecule has 4 N–H and O–H groups in total. The summed E-state index contributed by atoms with van der Waals surface area (Å²) in [6, 6.07) is 1.20. The van der Waals surface area contributed by atoms with Crippen LogP contribution in [0.25, 0.3) is 0 Å². The minimum Gasteiger partial charge on any atom is -0.379 e. The van der Waals surface area contributed by atoms with Crippen molar-refractivity contribution in [3.63, 3.8) is 0 Å². The summed E-state index contributed by atoms with van der Waals surface area (Å²) in [6.07, 6.45) is 2.60. The monoisotopic (exact) mass is 385 g/mol. The van der Waals surface area contributed by atoms with E-state index in [4.69, 9.17) is 5.73 Å². The maximum Gasteiger partial charge on any atom is 0.237 e. The fraction of sp³-hybridized carbons (Fsp3) is 0.632. The minimum atomic E-state index is -1.21. The molecule has 0 spiro atoms. The lowest BCUT2D eigenvalue weighted by atomic mass is 9.82. The molecule has 8 heteroatoms. The second-order valence-corrected chi connectivity index (χ2v) is 7.70. The Morgan fingerprint density at radius 2 is 1.81 bits per heavy atom. The van der Waals surface area contributed by atoms with Crippen molar-refractivity contribution in [1.29, 1.82) is 0 Å². The third-order valence-electron chi connectivity index (χ3n) is 5.76. The zero-order valence-corrected chi connectivity index (χ0v) is 15.3. The number of halogens is 3. The first-order chi connectivity index (χ1) is 12.8. The van der Waals surface area contributed by atoms with Gasteiger partial charge in [0.1, 0.15) is 12.0 Å². The first-order valence-corrected chi connectivity index (χ1v) is 9.38. The minimum absolute atomic E-state index is 0.0397. The van der Waals surface area contributed by atoms with Crippen molar-refractivity contribution in [3.8, 4) is 0 Å². The molecule has 2 bridgehead atoms. The number of aliphatic hydroxyl groups excluding tert-OH is 1. The maximum atomic E-state index is 13.9. The lowest BCUT2D eigenvalue weighted by molar-refractivity contribution is -0.136. The van der Waals surface area contributed by atoms with E-state index in [1.165, 1.54) is 0 Å². The van der Waals surface area contributed by atoms with Gasteiger partial charge in [-0.3, -0.25) is 10.1 Å². The molecule has 2 unspecified atom stereocenters. The summed E-state index contributed by atoms with van der Waals surface area (Å²) in [6.45, 7) is 1.64. The number of nitrogens with one attached hydrogen (secondary N) is 1. The molecular formula is C19H26F3N3O2. The molecule has 3 rings (SSSR count). The summed E-state index contributed by atoms with van der Waals surface area (Å²) < 4.78 is 40.4. The molecule has 2 fully saturated rings. The smallest absolute Gasteiger partial charge is 0.237 e. The molecule has 1 aromatic rings. The van der Waals surface area contributed by atoms with Crippen LogP contribution >= 0.6 is 0 Å². The Bertz CT molecular complexity index is 687. The van der Waals surface area contributed by atoms with Gasteiger partial charge in [0.05, 0.1) is 6.54 Å². The molecule has 5 nitrogen and oxygen atoms in total. The van der Waals surface area contributed by atoms with Gasteiger partial charge in [-0.2, -0.15) is 0 Å². The van der Waals surface area contributed by atoms with Crippen LogP contribution in [-0.4, -0.2) is 46.8 Å². The highest BCUT2D eigenvalue weighted by Crippen LogP contribution is 2.40. The van der Waals surface area contributed by atoms with Gasteiger partial charge >= 0.3 is 0 Å². The zero-order valence-electron chi connectivity index (χ0n) is 15.3. The number of amides is 1. The number of aliphatic hydroxyl groups is 1. The number of carbonyl (C=O) groups is 1. The van der Waals surface area contributed by atoms with Crippen LogP contribution < -0.4 is 11.1 Å². The molecule has 5 atom stereocenters. The van der Waals surface area contributed by atoms with Crippen molar-refractivity contribution < 1.29 is 23.1 Å². The number of nitrogens with zero attached hydrogens (tertiary/aromatic N) is 1. The van der Waals surface area contributed by atoms with Crippen molar-refractivity contribution in [2.24, 2.45) is 11.7 Å². The summed E-state index contributed by atoms with van der Waals surface area (Å²) in [5.74, 6) is -3.03. The van der Waals surface area contributed by atoms with Crippen LogP contribution in [0.1, 0.15) is 38.2 Å². The predicted octanol–water partition coefficient (Wildman–Crippen LogP) is 1.67. The van der Waals surface area contributed by atoms with Crippen LogP contribution in [0.2, 0.25) is 0 Å². The Hall–Kier alpha value is -1.64. The molecule has 2 heterocycles. The molecule has 1 aromatic carbocycles. The zero-order chi connectivity index (χ0) is 19.7. The fourth-order valence-corrected chi connectivity index (χ4v) is 4.44. The highest BCUT2D eigenvalue weighted by Gasteiger charge is 2.44. The number of rotatable bonds is 6. The van der Waals surface area contributed by atoms with Gasteiger partial charge in [-0.15, -0.1) is 0 Å². The number of carbonyl (C=O) groups excluding carboxylic acids is 1. The molecule has 0 aliphatic carbocycles. The van der Waals surface area contributed by atoms with Crippen molar-refractivity contribution in [2.45, 2.75) is 63.4 Å². The van der Waals surface area contributed by atoms with Crippen LogP contribution in [0, 0.1) is 23.4 Å². The van der Waals surface area contributed by atoms with E-state index in [1.807, 2.05) is 4.90 Å². The normalized spacial score (nSPS) is 26.9. The molecular weight excluding hydrogens is 359 g/mol. The second-order valence-electron chi connectivity index (χ2n) is 7.70. The van der Waals surface area contributed by atoms with E-state index in [1.54, 1.807) is 6.92 Å². The quantitative estimate of drug-likeness (QED) is 0.514. The van der Waals surface area contributed by atoms with Gasteiger partial charge in [-0.05, 0) is 56.6 Å². The summed E-state index contributed by atoms with van der Waals surface area (Å²) >= 11 is 0. The summed E-state index contributed by atoms with van der Waals surface area (Å²) in [5.41, 5.74) is 6.36. The van der Waals surface area contributed by atoms with E-state index < -0.39 is 23.7 Å². The standard InChI is InChI=1S/C19H26F3N3O2/c1-10(26)24-9-19(27)25-13-2-3-14(25)5-12(4-13)18(23)7-11-6-16(21)17(22)8-15(11)20/h6,8,10,12-14,18,24,26H,2-5,7,9,23H2,1H3/t10?,12?,13-,14+,18-/m0/s1. The van der Waals surface area contributed by atoms with E-state index >= 15 is 0 Å². The molecule has 0 saturated carbocycles. The number of hydrogen-bond acceptors (Lipinski definition) is 4. The molecule has 2 saturated heterocycles. The largest absolute Gasteiger partial charge is 0.379 e. The Morgan fingerprint density at radius 3 is 2.41 bits per heavy atom. The number of piperidine rings is 1. The van der Waals surface area contributed by atoms with Gasteiger partial charge in [0.15, 0.2) is 11.6 Å². The van der Waals surface area contributed by atoms with E-state index in [9.17, 15) is 23.1 Å². The Morgan fingerprint density at radius 1 is 1.22 bits per heavy atom. The molecule has 1 amide bonds. The lowest BCUT2D eigenvalue weighted by Gasteiger charge is -2.41. The third-order valence-corrected chi connectivity index (χ3v) is 5.76. The van der Waals surface area contributed by atoms with Crippen LogP contribution in [0.3, 0.4) is 0 Å². The van der Waals surface area contributed by atoms with Crippen LogP contribution in [0.4, 0.5) is 13.2 Å². The fourth-order valence-electron chi connectivity index (χ4n) is 4.44. The summed E-state index contributed by atoms with van der Waals surface area (Å²) in [5, 5.41) is 12.0. The van der Waals surface area contributed by atoms with E-state index in [2.05, 4.69) is 5.32 Å². The highest BCUT2D eigenvalue weighted by atomic mass is 19.2. The van der Waals surface area contributed by atoms with Gasteiger partial charge < -0.3 is 15.7 Å². The van der Waals surface area contributed by atoms with Gasteiger partial charge in [0.25, 0.3) is 0 Å². The number of hydrogen-bond donors (Lipinski definition) is 3. The van der Waals surface area contributed by atoms with Crippen molar-refractivity contribution >= 4 is 5.91 Å². The van der Waals surface area contributed by atoms with Crippen molar-refractivity contribution in [1.82, 2.24) is 10.2 Å². The first kappa shape index (κ1) is 20.1. The number of nitrogens with two attached hydrogens (primary N) is 1. The molecule has 0 radical (unpaired) electrons. The Labute approximate surface area is 156 Å². The first-order valence-electron chi connectivity index (χ1n) is 9.38. The predicted molar refractivity (Wildman–Crippen MR) is 94.1 cm³/mol. The van der Waals surface area contributed by atoms with Gasteiger partial charge in [0.2, 0.25) is 5.91 Å². The van der Waals surface area contributed by atoms with Crippen LogP contribution in [0.5, 0.6) is 0 Å². The SMILES string of the molecule is CC(O)NCC(=O)N1[C@@H]2CC[C@H]1CC([C@@H](N)Cc1cc(F)c(F)cc1F)C2. The average Bonchev–Trinajstić information content (AvgIpc) is 2.87. The van der Waals surface area contributed by atoms with Crippen LogP contribution in [-0.2, 0) is 11.2 Å². The lowest BCUT2D eigenvalue weighted by Crippen LogP contribution is -2.52. The average molecular weight is 385 g/mol. The molecule has 2 aliphatic rings. The molecule has 0 aromatic heterocycles. The molecule has 27 heavy (non-hydrogen) atoms. The summed E-state index contributed by atoms with van der Waals surface area (Å²) in [4.78, 5) is 14.3. The second kappa shape index (κ2) is 8.16. The van der Waals surface area contributed by atoms with Gasteiger partial charge in [-0.1, -0.05) is 0 Å². The maximum absolute atomic E-state index is 13.9. The van der Waals surface area contributed by atoms with Crippen molar-refractivity contribution in [3.05, 3.63) is 35.1 Å². The van der Waals surface area contributed by atoms with Gasteiger partial charge in [-0.25, -0.2) is 13.2 Å². The van der Waals surface area contributed by atoms with Crippen molar-refractivity contribution in [2.75, 3.05) is 6.54 Å². The van der Waals surface area contributed by atoms with E-state index in [0.29, 0.717) is 18.9 Å². The van der Waals surface area contributed by atoms with Gasteiger partial charge in [0, 0.05) is 24.2 Å². The number of benzene rings is 1. The van der Waals surface area contributed by atoms with Crippen LogP contribution in [0.15, 0.2) is 12.1 Å². The number of fused-ring (bicyclic) bond motifs is 2. The topological polar surface area (TPSA) is 78.6 Å². The van der Waals surface area contributed by atoms with E-state index in [-0.39, 0.29) is 48.5 Å². The van der Waals surface area contributed by atoms with E-state index in [0.717, 1.165) is 18.9 Å². The Balaban J connectivity index is 1.62. The summed E-state index contributed by atoms with van der Waals surface area (Å²) in [7, 11) is 0. The molecule has 150 valence electrons. The highest BCUT2D eigenvalue weighted by molar-refractivity contribution is 5.79. The molecule has 2 aliphatic heterocycles. The Kier molecular flexibility index (Phi) is 6.08.